The van der Waals surface area contributed by atoms with Crippen molar-refractivity contribution in [2.24, 2.45) is 5.92 Å². The van der Waals surface area contributed by atoms with Gasteiger partial charge in [0.15, 0.2) is 5.78 Å². The third-order valence-electron chi connectivity index (χ3n) is 3.42. The molecule has 2 nitrogen and oxygen atoms in total. The van der Waals surface area contributed by atoms with E-state index in [2.05, 4.69) is 12.2 Å². The summed E-state index contributed by atoms with van der Waals surface area (Å²) in [5.74, 6) is -1.11. The van der Waals surface area contributed by atoms with E-state index in [-0.39, 0.29) is 23.8 Å². The maximum Gasteiger partial charge on any atom is 0.167 e. The summed E-state index contributed by atoms with van der Waals surface area (Å²) in [6.45, 7) is 3.04. The molecule has 2 atom stereocenters. The maximum absolute atomic E-state index is 13.5. The number of halogens is 2. The summed E-state index contributed by atoms with van der Waals surface area (Å²) in [5, 5.41) is 3.26. The first-order valence-corrected chi connectivity index (χ1v) is 6.28. The van der Waals surface area contributed by atoms with Crippen LogP contribution in [0.5, 0.6) is 0 Å². The van der Waals surface area contributed by atoms with Crippen LogP contribution in [0.25, 0.3) is 0 Å². The molecule has 0 spiro atoms. The van der Waals surface area contributed by atoms with E-state index in [0.717, 1.165) is 31.5 Å². The minimum Gasteiger partial charge on any atom is -0.314 e. The van der Waals surface area contributed by atoms with Gasteiger partial charge in [-0.05, 0) is 37.4 Å². The molecule has 4 heteroatoms. The van der Waals surface area contributed by atoms with Gasteiger partial charge < -0.3 is 5.32 Å². The Hall–Kier alpha value is -1.29. The molecule has 1 fully saturated rings. The number of hydrogen-bond acceptors (Lipinski definition) is 2. The van der Waals surface area contributed by atoms with Crippen molar-refractivity contribution in [2.45, 2.75) is 32.2 Å². The van der Waals surface area contributed by atoms with E-state index in [1.165, 1.54) is 6.07 Å². The lowest BCUT2D eigenvalue weighted by molar-refractivity contribution is 0.0955. The summed E-state index contributed by atoms with van der Waals surface area (Å²) >= 11 is 0. The van der Waals surface area contributed by atoms with Gasteiger partial charge in [-0.3, -0.25) is 4.79 Å². The van der Waals surface area contributed by atoms with Gasteiger partial charge in [-0.1, -0.05) is 6.92 Å². The largest absolute Gasteiger partial charge is 0.314 e. The molecule has 1 aliphatic heterocycles. The van der Waals surface area contributed by atoms with Crippen LogP contribution in [0.15, 0.2) is 18.2 Å². The minimum atomic E-state index is -0.774. The Labute approximate surface area is 105 Å². The van der Waals surface area contributed by atoms with Crippen molar-refractivity contribution < 1.29 is 13.6 Å². The predicted molar refractivity (Wildman–Crippen MR) is 65.5 cm³/mol. The first kappa shape index (κ1) is 13.1. The Morgan fingerprint density at radius 2 is 2.22 bits per heavy atom. The molecular formula is C14H17F2NO. The molecule has 0 bridgehead atoms. The van der Waals surface area contributed by atoms with E-state index in [4.69, 9.17) is 0 Å². The molecule has 0 amide bonds. The highest BCUT2D eigenvalue weighted by molar-refractivity contribution is 5.96. The van der Waals surface area contributed by atoms with Gasteiger partial charge in [-0.25, -0.2) is 8.78 Å². The highest BCUT2D eigenvalue weighted by Crippen LogP contribution is 2.20. The summed E-state index contributed by atoms with van der Waals surface area (Å²) in [6, 6.07) is 3.20. The van der Waals surface area contributed by atoms with Gasteiger partial charge >= 0.3 is 0 Å². The Morgan fingerprint density at radius 3 is 2.89 bits per heavy atom. The number of carbonyl (C=O) groups is 1. The summed E-state index contributed by atoms with van der Waals surface area (Å²) in [7, 11) is 0. The fourth-order valence-electron chi connectivity index (χ4n) is 2.43. The summed E-state index contributed by atoms with van der Waals surface area (Å²) in [4.78, 5) is 11.9. The van der Waals surface area contributed by atoms with Crippen molar-refractivity contribution >= 4 is 5.78 Å². The van der Waals surface area contributed by atoms with Crippen LogP contribution in [0, 0.1) is 17.6 Å². The molecule has 1 aromatic rings. The van der Waals surface area contributed by atoms with Gasteiger partial charge in [0.05, 0.1) is 5.56 Å². The number of carbonyl (C=O) groups excluding carboxylic acids is 1. The third kappa shape index (κ3) is 3.13. The average molecular weight is 253 g/mol. The minimum absolute atomic E-state index is 0.0172. The molecule has 1 aliphatic rings. The Morgan fingerprint density at radius 1 is 1.44 bits per heavy atom. The van der Waals surface area contributed by atoms with Crippen LogP contribution in [-0.2, 0) is 0 Å². The van der Waals surface area contributed by atoms with Gasteiger partial charge in [0, 0.05) is 18.5 Å². The van der Waals surface area contributed by atoms with Crippen LogP contribution in [0.4, 0.5) is 8.78 Å². The monoisotopic (exact) mass is 253 g/mol. The Balaban J connectivity index is 2.03. The van der Waals surface area contributed by atoms with Crippen molar-refractivity contribution in [1.82, 2.24) is 5.32 Å². The van der Waals surface area contributed by atoms with Crippen molar-refractivity contribution in [3.8, 4) is 0 Å². The summed E-state index contributed by atoms with van der Waals surface area (Å²) in [5.41, 5.74) is -0.0172. The molecule has 98 valence electrons. The number of rotatable bonds is 3. The molecule has 1 heterocycles. The summed E-state index contributed by atoms with van der Waals surface area (Å²) < 4.78 is 26.2. The van der Waals surface area contributed by atoms with Gasteiger partial charge in [0.1, 0.15) is 11.6 Å². The molecule has 1 saturated heterocycles. The van der Waals surface area contributed by atoms with E-state index in [9.17, 15) is 13.6 Å². The molecular weight excluding hydrogens is 236 g/mol. The van der Waals surface area contributed by atoms with Gasteiger partial charge in [-0.2, -0.15) is 0 Å². The number of hydrogen-bond donors (Lipinski definition) is 1. The predicted octanol–water partition coefficient (Wildman–Crippen LogP) is 2.93. The SMILES string of the molecule is CC1CCNC(CC(=O)c2ccc(F)cc2F)C1. The van der Waals surface area contributed by atoms with Crippen molar-refractivity contribution in [3.63, 3.8) is 0 Å². The Bertz CT molecular complexity index is 447. The molecule has 0 saturated carbocycles. The first-order chi connectivity index (χ1) is 8.56. The van der Waals surface area contributed by atoms with Crippen LogP contribution >= 0.6 is 0 Å². The zero-order chi connectivity index (χ0) is 13.1. The second-order valence-corrected chi connectivity index (χ2v) is 5.03. The first-order valence-electron chi connectivity index (χ1n) is 6.28. The second kappa shape index (κ2) is 5.57. The summed E-state index contributed by atoms with van der Waals surface area (Å²) in [6.07, 6.45) is 2.30. The van der Waals surface area contributed by atoms with Gasteiger partial charge in [-0.15, -0.1) is 0 Å². The zero-order valence-corrected chi connectivity index (χ0v) is 10.4. The fourth-order valence-corrected chi connectivity index (χ4v) is 2.43. The molecule has 0 aliphatic carbocycles. The molecule has 0 radical (unpaired) electrons. The van der Waals surface area contributed by atoms with Crippen LogP contribution < -0.4 is 5.32 Å². The van der Waals surface area contributed by atoms with Crippen molar-refractivity contribution in [2.75, 3.05) is 6.54 Å². The molecule has 2 rings (SSSR count). The standard InChI is InChI=1S/C14H17F2NO/c1-9-4-5-17-11(6-9)8-14(18)12-3-2-10(15)7-13(12)16/h2-3,7,9,11,17H,4-6,8H2,1H3. The Kier molecular flexibility index (Phi) is 4.07. The normalized spacial score (nSPS) is 23.9. The molecule has 18 heavy (non-hydrogen) atoms. The number of piperidine rings is 1. The molecule has 1 aromatic carbocycles. The maximum atomic E-state index is 13.5. The van der Waals surface area contributed by atoms with Crippen LogP contribution in [0.3, 0.4) is 0 Å². The number of nitrogens with one attached hydrogen (secondary N) is 1. The second-order valence-electron chi connectivity index (χ2n) is 5.03. The lowest BCUT2D eigenvalue weighted by Gasteiger charge is -2.27. The quantitative estimate of drug-likeness (QED) is 0.839. The highest BCUT2D eigenvalue weighted by atomic mass is 19.1. The van der Waals surface area contributed by atoms with Crippen LogP contribution in [0.2, 0.25) is 0 Å². The molecule has 2 unspecified atom stereocenters. The van der Waals surface area contributed by atoms with Crippen molar-refractivity contribution in [1.29, 1.82) is 0 Å². The molecule has 1 N–H and O–H groups in total. The topological polar surface area (TPSA) is 29.1 Å². The van der Waals surface area contributed by atoms with Crippen molar-refractivity contribution in [3.05, 3.63) is 35.4 Å². The van der Waals surface area contributed by atoms with E-state index in [1.54, 1.807) is 0 Å². The lowest BCUT2D eigenvalue weighted by atomic mass is 9.90. The van der Waals surface area contributed by atoms with E-state index < -0.39 is 11.6 Å². The van der Waals surface area contributed by atoms with E-state index in [0.29, 0.717) is 5.92 Å². The van der Waals surface area contributed by atoms with Crippen LogP contribution in [-0.4, -0.2) is 18.4 Å². The third-order valence-corrected chi connectivity index (χ3v) is 3.42. The van der Waals surface area contributed by atoms with Gasteiger partial charge in [0.2, 0.25) is 0 Å². The number of ketones is 1. The van der Waals surface area contributed by atoms with E-state index in [1.807, 2.05) is 0 Å². The molecule has 0 aromatic heterocycles. The smallest absolute Gasteiger partial charge is 0.167 e. The lowest BCUT2D eigenvalue weighted by Crippen LogP contribution is -2.38. The van der Waals surface area contributed by atoms with Gasteiger partial charge in [0.25, 0.3) is 0 Å². The number of benzene rings is 1. The number of Topliss-reactive ketones (excluding diaryl/α,β-unsaturated/α-hetero) is 1. The highest BCUT2D eigenvalue weighted by Gasteiger charge is 2.22. The average Bonchev–Trinajstić information content (AvgIpc) is 2.28. The fraction of sp³-hybridized carbons (Fsp3) is 0.500. The van der Waals surface area contributed by atoms with Crippen LogP contribution in [0.1, 0.15) is 36.5 Å². The zero-order valence-electron chi connectivity index (χ0n) is 10.4. The van der Waals surface area contributed by atoms with E-state index >= 15 is 0 Å².